The molecule has 0 unspecified atom stereocenters. The van der Waals surface area contributed by atoms with Gasteiger partial charge >= 0.3 is 0 Å². The van der Waals surface area contributed by atoms with Crippen molar-refractivity contribution in [1.29, 1.82) is 0 Å². The Morgan fingerprint density at radius 2 is 2.21 bits per heavy atom. The van der Waals surface area contributed by atoms with Gasteiger partial charge in [0.05, 0.1) is 6.61 Å². The number of carbonyl (C=O) groups excluding carboxylic acids is 1. The molecule has 0 radical (unpaired) electrons. The number of amides is 1. The molecule has 24 heavy (non-hydrogen) atoms. The van der Waals surface area contributed by atoms with E-state index >= 15 is 0 Å². The van der Waals surface area contributed by atoms with Gasteiger partial charge < -0.3 is 14.6 Å². The van der Waals surface area contributed by atoms with E-state index in [9.17, 15) is 9.18 Å². The second-order valence-electron chi connectivity index (χ2n) is 8.11. The van der Waals surface area contributed by atoms with E-state index in [0.717, 1.165) is 30.4 Å². The van der Waals surface area contributed by atoms with Crippen LogP contribution >= 0.6 is 0 Å². The van der Waals surface area contributed by atoms with Gasteiger partial charge in [-0.05, 0) is 42.0 Å². The molecule has 0 bridgehead atoms. The third kappa shape index (κ3) is 2.18. The highest BCUT2D eigenvalue weighted by Crippen LogP contribution is 2.62. The summed E-state index contributed by atoms with van der Waals surface area (Å²) in [6, 6.07) is 6.27. The number of hydrogen-bond acceptors (Lipinski definition) is 2. The number of methoxy groups -OCH3 is 1. The number of benzene rings is 1. The van der Waals surface area contributed by atoms with E-state index in [4.69, 9.17) is 4.74 Å². The number of nitrogens with one attached hydrogen (secondary N) is 1. The van der Waals surface area contributed by atoms with Gasteiger partial charge in [0.1, 0.15) is 11.5 Å². The normalized spacial score (nSPS) is 28.0. The van der Waals surface area contributed by atoms with Gasteiger partial charge in [0, 0.05) is 36.5 Å². The Hall–Kier alpha value is -1.88. The number of halogens is 1. The van der Waals surface area contributed by atoms with Crippen molar-refractivity contribution in [2.45, 2.75) is 20.3 Å². The molecular weight excluding hydrogens is 307 g/mol. The fraction of sp³-hybridized carbons (Fsp3) is 0.526. The van der Waals surface area contributed by atoms with Crippen LogP contribution in [0.3, 0.4) is 0 Å². The summed E-state index contributed by atoms with van der Waals surface area (Å²) < 4.78 is 18.8. The van der Waals surface area contributed by atoms with Crippen LogP contribution in [0.25, 0.3) is 10.9 Å². The maximum Gasteiger partial charge on any atom is 0.270 e. The zero-order valence-corrected chi connectivity index (χ0v) is 14.4. The van der Waals surface area contributed by atoms with Crippen molar-refractivity contribution in [2.24, 2.45) is 16.7 Å². The van der Waals surface area contributed by atoms with Crippen LogP contribution in [0.5, 0.6) is 0 Å². The molecule has 2 aromatic rings. The van der Waals surface area contributed by atoms with Crippen molar-refractivity contribution < 1.29 is 13.9 Å². The monoisotopic (exact) mass is 330 g/mol. The minimum absolute atomic E-state index is 0.00714. The number of aromatic amines is 1. The van der Waals surface area contributed by atoms with E-state index in [1.165, 1.54) is 12.1 Å². The Balaban J connectivity index is 1.60. The summed E-state index contributed by atoms with van der Waals surface area (Å²) in [7, 11) is 1.73. The molecule has 1 aliphatic heterocycles. The summed E-state index contributed by atoms with van der Waals surface area (Å²) in [4.78, 5) is 18.0. The molecule has 1 saturated heterocycles. The highest BCUT2D eigenvalue weighted by atomic mass is 19.1. The fourth-order valence-electron chi connectivity index (χ4n) is 5.15. The minimum atomic E-state index is -0.291. The SMILES string of the molecule is COC[C@@]12CN(C(=O)c3cc4cc(F)ccc4[nH]3)C[C@@H]1C(C)(C)C2. The van der Waals surface area contributed by atoms with E-state index in [0.29, 0.717) is 18.2 Å². The summed E-state index contributed by atoms with van der Waals surface area (Å²) in [6.07, 6.45) is 1.08. The van der Waals surface area contributed by atoms with Crippen LogP contribution in [-0.2, 0) is 4.74 Å². The van der Waals surface area contributed by atoms with Crippen LogP contribution in [0.1, 0.15) is 30.8 Å². The van der Waals surface area contributed by atoms with Gasteiger partial charge in [-0.15, -0.1) is 0 Å². The first-order chi connectivity index (χ1) is 11.3. The quantitative estimate of drug-likeness (QED) is 0.937. The molecule has 2 heterocycles. The lowest BCUT2D eigenvalue weighted by atomic mass is 9.48. The van der Waals surface area contributed by atoms with Gasteiger partial charge in [0.15, 0.2) is 0 Å². The van der Waals surface area contributed by atoms with Crippen LogP contribution < -0.4 is 0 Å². The lowest BCUT2D eigenvalue weighted by molar-refractivity contribution is -0.107. The van der Waals surface area contributed by atoms with E-state index in [1.807, 2.05) is 4.90 Å². The van der Waals surface area contributed by atoms with Gasteiger partial charge in [0.2, 0.25) is 0 Å². The molecule has 4 nitrogen and oxygen atoms in total. The molecule has 2 fully saturated rings. The second kappa shape index (κ2) is 5.06. The van der Waals surface area contributed by atoms with E-state index in [-0.39, 0.29) is 22.6 Å². The van der Waals surface area contributed by atoms with Crippen molar-refractivity contribution in [3.63, 3.8) is 0 Å². The fourth-order valence-corrected chi connectivity index (χ4v) is 5.15. The maximum atomic E-state index is 13.4. The first-order valence-electron chi connectivity index (χ1n) is 8.41. The molecule has 1 aromatic carbocycles. The third-order valence-electron chi connectivity index (χ3n) is 5.93. The number of fused-ring (bicyclic) bond motifs is 2. The van der Waals surface area contributed by atoms with Gasteiger partial charge in [-0.3, -0.25) is 4.79 Å². The molecule has 1 amide bonds. The van der Waals surface area contributed by atoms with E-state index in [2.05, 4.69) is 18.8 Å². The number of nitrogens with zero attached hydrogens (tertiary/aromatic N) is 1. The molecule has 1 aromatic heterocycles. The second-order valence-corrected chi connectivity index (χ2v) is 8.11. The Morgan fingerprint density at radius 1 is 1.42 bits per heavy atom. The van der Waals surface area contributed by atoms with Crippen molar-refractivity contribution in [2.75, 3.05) is 26.8 Å². The first-order valence-corrected chi connectivity index (χ1v) is 8.41. The van der Waals surface area contributed by atoms with Crippen LogP contribution in [0, 0.1) is 22.6 Å². The molecular formula is C19H23FN2O2. The minimum Gasteiger partial charge on any atom is -0.384 e. The van der Waals surface area contributed by atoms with Gasteiger partial charge in [-0.2, -0.15) is 0 Å². The summed E-state index contributed by atoms with van der Waals surface area (Å²) in [5.41, 5.74) is 1.65. The number of H-pyrrole nitrogens is 1. The van der Waals surface area contributed by atoms with Crippen molar-refractivity contribution in [3.8, 4) is 0 Å². The molecule has 2 atom stereocenters. The third-order valence-corrected chi connectivity index (χ3v) is 5.93. The zero-order valence-electron chi connectivity index (χ0n) is 14.4. The highest BCUT2D eigenvalue weighted by molar-refractivity contribution is 5.98. The largest absolute Gasteiger partial charge is 0.384 e. The van der Waals surface area contributed by atoms with Crippen LogP contribution in [0.15, 0.2) is 24.3 Å². The van der Waals surface area contributed by atoms with Gasteiger partial charge in [0.25, 0.3) is 5.91 Å². The number of likely N-dealkylation sites (tertiary alicyclic amines) is 1. The Bertz CT molecular complexity index is 813. The maximum absolute atomic E-state index is 13.4. The topological polar surface area (TPSA) is 45.3 Å². The first kappa shape index (κ1) is 15.6. The van der Waals surface area contributed by atoms with Crippen molar-refractivity contribution in [1.82, 2.24) is 9.88 Å². The molecule has 1 N–H and O–H groups in total. The highest BCUT2D eigenvalue weighted by Gasteiger charge is 2.63. The molecule has 1 aliphatic carbocycles. The smallest absolute Gasteiger partial charge is 0.270 e. The average molecular weight is 330 g/mol. The zero-order chi connectivity index (χ0) is 17.1. The number of carbonyl (C=O) groups is 1. The molecule has 4 rings (SSSR count). The number of aromatic nitrogens is 1. The number of rotatable bonds is 3. The summed E-state index contributed by atoms with van der Waals surface area (Å²) in [6.45, 7) is 6.73. The van der Waals surface area contributed by atoms with Crippen LogP contribution in [0.2, 0.25) is 0 Å². The molecule has 1 saturated carbocycles. The Labute approximate surface area is 141 Å². The molecule has 0 spiro atoms. The number of ether oxygens (including phenoxy) is 1. The number of hydrogen-bond donors (Lipinski definition) is 1. The Kier molecular flexibility index (Phi) is 3.29. The van der Waals surface area contributed by atoms with E-state index in [1.54, 1.807) is 19.2 Å². The molecule has 5 heteroatoms. The summed E-state index contributed by atoms with van der Waals surface area (Å²) in [5.74, 6) is 0.170. The summed E-state index contributed by atoms with van der Waals surface area (Å²) >= 11 is 0. The van der Waals surface area contributed by atoms with E-state index < -0.39 is 0 Å². The lowest BCUT2D eigenvalue weighted by Gasteiger charge is -2.56. The predicted octanol–water partition coefficient (Wildman–Crippen LogP) is 3.44. The molecule has 128 valence electrons. The van der Waals surface area contributed by atoms with Crippen LogP contribution in [-0.4, -0.2) is 42.6 Å². The van der Waals surface area contributed by atoms with Crippen LogP contribution in [0.4, 0.5) is 4.39 Å². The molecule has 2 aliphatic rings. The Morgan fingerprint density at radius 3 is 2.92 bits per heavy atom. The van der Waals surface area contributed by atoms with Gasteiger partial charge in [-0.25, -0.2) is 4.39 Å². The lowest BCUT2D eigenvalue weighted by Crippen LogP contribution is -2.55. The standard InChI is InChI=1S/C19H23FN2O2/c1-18(2)9-19(11-24-3)10-22(8-16(18)19)17(23)15-7-12-6-13(20)4-5-14(12)21-15/h4-7,16,21H,8-11H2,1-3H3/t16-,19-/m1/s1. The van der Waals surface area contributed by atoms with Gasteiger partial charge in [-0.1, -0.05) is 13.8 Å². The van der Waals surface area contributed by atoms with Crippen molar-refractivity contribution in [3.05, 3.63) is 35.8 Å². The predicted molar refractivity (Wildman–Crippen MR) is 90.4 cm³/mol. The summed E-state index contributed by atoms with van der Waals surface area (Å²) in [5, 5.41) is 0.729. The van der Waals surface area contributed by atoms with Crippen molar-refractivity contribution >= 4 is 16.8 Å². The average Bonchev–Trinajstić information content (AvgIpc) is 3.06.